The van der Waals surface area contributed by atoms with Crippen LogP contribution in [0, 0.1) is 11.8 Å². The van der Waals surface area contributed by atoms with E-state index < -0.39 is 0 Å². The van der Waals surface area contributed by atoms with E-state index in [0.717, 1.165) is 0 Å². The lowest BCUT2D eigenvalue weighted by Gasteiger charge is -1.95. The normalized spacial score (nSPS) is 9.08. The molecule has 0 aromatic carbocycles. The zero-order chi connectivity index (χ0) is 9.68. The van der Waals surface area contributed by atoms with Crippen LogP contribution < -0.4 is 5.32 Å². The lowest BCUT2D eigenvalue weighted by Crippen LogP contribution is -2.04. The lowest BCUT2D eigenvalue weighted by molar-refractivity contribution is 0.470. The van der Waals surface area contributed by atoms with E-state index in [0.29, 0.717) is 16.8 Å². The standard InChI is InChI=1S/C9H9BrN2O/c1-11-6-2-3-7-8(13)4-5-9(10)12-7/h4-5,11,13H,6H2,1H3. The first-order chi connectivity index (χ1) is 6.24. The number of pyridine rings is 1. The molecule has 0 aliphatic heterocycles. The Balaban J connectivity index is 2.89. The molecule has 1 aromatic rings. The number of aromatic hydroxyl groups is 1. The van der Waals surface area contributed by atoms with Gasteiger partial charge >= 0.3 is 0 Å². The van der Waals surface area contributed by atoms with Crippen LogP contribution in [0.1, 0.15) is 5.69 Å². The molecule has 1 aromatic heterocycles. The minimum Gasteiger partial charge on any atom is -0.505 e. The van der Waals surface area contributed by atoms with E-state index >= 15 is 0 Å². The summed E-state index contributed by atoms with van der Waals surface area (Å²) in [6, 6.07) is 3.22. The molecule has 1 heterocycles. The Morgan fingerprint density at radius 2 is 2.38 bits per heavy atom. The number of rotatable bonds is 1. The van der Waals surface area contributed by atoms with Gasteiger partial charge in [-0.25, -0.2) is 4.98 Å². The van der Waals surface area contributed by atoms with Crippen molar-refractivity contribution in [3.63, 3.8) is 0 Å². The first-order valence-electron chi connectivity index (χ1n) is 3.73. The zero-order valence-corrected chi connectivity index (χ0v) is 8.72. The minimum absolute atomic E-state index is 0.104. The molecule has 0 spiro atoms. The van der Waals surface area contributed by atoms with Crippen molar-refractivity contribution in [3.05, 3.63) is 22.4 Å². The number of nitrogens with zero attached hydrogens (tertiary/aromatic N) is 1. The van der Waals surface area contributed by atoms with Crippen LogP contribution in [0.3, 0.4) is 0 Å². The second-order valence-electron chi connectivity index (χ2n) is 2.33. The predicted molar refractivity (Wildman–Crippen MR) is 54.4 cm³/mol. The fourth-order valence-corrected chi connectivity index (χ4v) is 1.05. The fraction of sp³-hybridized carbons (Fsp3) is 0.222. The second kappa shape index (κ2) is 4.85. The molecule has 0 unspecified atom stereocenters. The van der Waals surface area contributed by atoms with Gasteiger partial charge in [0, 0.05) is 0 Å². The largest absolute Gasteiger partial charge is 0.505 e. The summed E-state index contributed by atoms with van der Waals surface area (Å²) < 4.78 is 0.666. The van der Waals surface area contributed by atoms with Gasteiger partial charge in [-0.2, -0.15) is 0 Å². The molecule has 68 valence electrons. The van der Waals surface area contributed by atoms with E-state index in [1.165, 1.54) is 0 Å². The summed E-state index contributed by atoms with van der Waals surface area (Å²) in [5.74, 6) is 5.67. The maximum Gasteiger partial charge on any atom is 0.156 e. The van der Waals surface area contributed by atoms with Crippen molar-refractivity contribution in [2.45, 2.75) is 0 Å². The molecule has 0 amide bonds. The maximum absolute atomic E-state index is 9.33. The molecule has 0 fully saturated rings. The highest BCUT2D eigenvalue weighted by atomic mass is 79.9. The zero-order valence-electron chi connectivity index (χ0n) is 7.13. The number of hydrogen-bond donors (Lipinski definition) is 2. The molecule has 0 aliphatic carbocycles. The first-order valence-corrected chi connectivity index (χ1v) is 4.52. The third kappa shape index (κ3) is 3.05. The van der Waals surface area contributed by atoms with Gasteiger partial charge in [-0.1, -0.05) is 5.92 Å². The van der Waals surface area contributed by atoms with Crippen LogP contribution in [0.25, 0.3) is 0 Å². The van der Waals surface area contributed by atoms with E-state index in [1.54, 1.807) is 12.1 Å². The van der Waals surface area contributed by atoms with Gasteiger partial charge < -0.3 is 10.4 Å². The Hall–Kier alpha value is -1.05. The Kier molecular flexibility index (Phi) is 3.74. The molecular weight excluding hydrogens is 232 g/mol. The van der Waals surface area contributed by atoms with Crippen LogP contribution in [0.2, 0.25) is 0 Å². The summed E-state index contributed by atoms with van der Waals surface area (Å²) in [7, 11) is 1.81. The van der Waals surface area contributed by atoms with Gasteiger partial charge in [0.05, 0.1) is 6.54 Å². The summed E-state index contributed by atoms with van der Waals surface area (Å²) in [4.78, 5) is 4.01. The number of aromatic nitrogens is 1. The van der Waals surface area contributed by atoms with E-state index in [-0.39, 0.29) is 5.75 Å². The third-order valence-electron chi connectivity index (χ3n) is 1.31. The number of nitrogens with one attached hydrogen (secondary N) is 1. The summed E-state index contributed by atoms with van der Waals surface area (Å²) >= 11 is 3.20. The highest BCUT2D eigenvalue weighted by Crippen LogP contribution is 2.16. The summed E-state index contributed by atoms with van der Waals surface area (Å²) in [5, 5.41) is 12.2. The van der Waals surface area contributed by atoms with E-state index in [4.69, 9.17) is 0 Å². The van der Waals surface area contributed by atoms with Crippen LogP contribution in [0.5, 0.6) is 5.75 Å². The van der Waals surface area contributed by atoms with Crippen molar-refractivity contribution < 1.29 is 5.11 Å². The molecule has 0 saturated heterocycles. The van der Waals surface area contributed by atoms with Crippen LogP contribution in [-0.4, -0.2) is 23.7 Å². The summed E-state index contributed by atoms with van der Waals surface area (Å²) in [6.07, 6.45) is 0. The predicted octanol–water partition coefficient (Wildman–Crippen LogP) is 1.12. The van der Waals surface area contributed by atoms with E-state index in [2.05, 4.69) is 38.1 Å². The van der Waals surface area contributed by atoms with Crippen LogP contribution in [-0.2, 0) is 0 Å². The minimum atomic E-state index is 0.104. The molecule has 0 bridgehead atoms. The van der Waals surface area contributed by atoms with Gasteiger partial charge in [0.1, 0.15) is 10.4 Å². The smallest absolute Gasteiger partial charge is 0.156 e. The first kappa shape index (κ1) is 10.0. The molecule has 3 nitrogen and oxygen atoms in total. The lowest BCUT2D eigenvalue weighted by atomic mass is 10.3. The van der Waals surface area contributed by atoms with Crippen molar-refractivity contribution in [1.29, 1.82) is 0 Å². The van der Waals surface area contributed by atoms with Gasteiger partial charge in [-0.05, 0) is 41.0 Å². The van der Waals surface area contributed by atoms with Crippen molar-refractivity contribution in [3.8, 4) is 17.6 Å². The Morgan fingerprint density at radius 1 is 1.62 bits per heavy atom. The SMILES string of the molecule is CNCC#Cc1nc(Br)ccc1O. The van der Waals surface area contributed by atoms with Crippen LogP contribution in [0.15, 0.2) is 16.7 Å². The van der Waals surface area contributed by atoms with Gasteiger partial charge in [0.25, 0.3) is 0 Å². The van der Waals surface area contributed by atoms with Crippen molar-refractivity contribution in [1.82, 2.24) is 10.3 Å². The quantitative estimate of drug-likeness (QED) is 0.572. The van der Waals surface area contributed by atoms with Crippen molar-refractivity contribution >= 4 is 15.9 Å². The van der Waals surface area contributed by atoms with Gasteiger partial charge in [0.2, 0.25) is 0 Å². The topological polar surface area (TPSA) is 45.2 Å². The van der Waals surface area contributed by atoms with Crippen molar-refractivity contribution in [2.75, 3.05) is 13.6 Å². The molecule has 0 saturated carbocycles. The molecule has 2 N–H and O–H groups in total. The molecule has 0 atom stereocenters. The highest BCUT2D eigenvalue weighted by molar-refractivity contribution is 9.10. The Labute approximate surface area is 85.3 Å². The average Bonchev–Trinajstić information content (AvgIpc) is 2.11. The van der Waals surface area contributed by atoms with Gasteiger partial charge in [-0.3, -0.25) is 0 Å². The summed E-state index contributed by atoms with van der Waals surface area (Å²) in [6.45, 7) is 0.577. The number of hydrogen-bond acceptors (Lipinski definition) is 3. The van der Waals surface area contributed by atoms with Crippen molar-refractivity contribution in [2.24, 2.45) is 0 Å². The maximum atomic E-state index is 9.33. The molecule has 0 radical (unpaired) electrons. The van der Waals surface area contributed by atoms with Gasteiger partial charge in [-0.15, -0.1) is 0 Å². The van der Waals surface area contributed by atoms with Crippen LogP contribution in [0.4, 0.5) is 0 Å². The molecular formula is C9H9BrN2O. The molecule has 4 heteroatoms. The molecule has 0 aliphatic rings. The van der Waals surface area contributed by atoms with E-state index in [9.17, 15) is 5.11 Å². The fourth-order valence-electron chi connectivity index (χ4n) is 0.736. The summed E-state index contributed by atoms with van der Waals surface area (Å²) in [5.41, 5.74) is 0.393. The third-order valence-corrected chi connectivity index (χ3v) is 1.75. The van der Waals surface area contributed by atoms with Gasteiger partial charge in [0.15, 0.2) is 5.69 Å². The number of halogens is 1. The molecule has 13 heavy (non-hydrogen) atoms. The Morgan fingerprint density at radius 3 is 3.08 bits per heavy atom. The average molecular weight is 241 g/mol. The highest BCUT2D eigenvalue weighted by Gasteiger charge is 1.98. The Bertz CT molecular complexity index is 354. The van der Waals surface area contributed by atoms with Crippen LogP contribution >= 0.6 is 15.9 Å². The molecule has 1 rings (SSSR count). The monoisotopic (exact) mass is 240 g/mol. The van der Waals surface area contributed by atoms with E-state index in [1.807, 2.05) is 7.05 Å². The second-order valence-corrected chi connectivity index (χ2v) is 3.15.